The fraction of sp³-hybridized carbons (Fsp3) is 0.857. The molecule has 1 heterocycles. The van der Waals surface area contributed by atoms with Crippen molar-refractivity contribution in [2.45, 2.75) is 26.4 Å². The van der Waals surface area contributed by atoms with Gasteiger partial charge in [0, 0.05) is 0 Å². The van der Waals surface area contributed by atoms with Crippen molar-refractivity contribution >= 4 is 6.09 Å². The van der Waals surface area contributed by atoms with E-state index in [1.807, 2.05) is 0 Å². The van der Waals surface area contributed by atoms with Gasteiger partial charge in [-0.1, -0.05) is 13.8 Å². The third-order valence-electron chi connectivity index (χ3n) is 1.48. The van der Waals surface area contributed by atoms with E-state index < -0.39 is 0 Å². The van der Waals surface area contributed by atoms with Crippen LogP contribution in [0.3, 0.4) is 0 Å². The molecule has 58 valence electrons. The highest BCUT2D eigenvalue weighted by atomic mass is 16.6. The van der Waals surface area contributed by atoms with Gasteiger partial charge in [-0.25, -0.2) is 4.79 Å². The van der Waals surface area contributed by atoms with Crippen molar-refractivity contribution in [1.29, 1.82) is 0 Å². The molecular weight excluding hydrogens is 130 g/mol. The van der Waals surface area contributed by atoms with E-state index in [1.54, 1.807) is 0 Å². The molecule has 1 aliphatic rings. The Kier molecular flexibility index (Phi) is 2.14. The molecule has 0 radical (unpaired) electrons. The standard InChI is InChI=1S/C7H13NO2/c1-5(2)3-6-4-8-7(9)10-6/h5-6H,3-4H2,1-2H3,(H,8,9). The van der Waals surface area contributed by atoms with Crippen LogP contribution < -0.4 is 5.32 Å². The van der Waals surface area contributed by atoms with Crippen LogP contribution in [0.25, 0.3) is 0 Å². The minimum absolute atomic E-state index is 0.104. The second kappa shape index (κ2) is 2.90. The number of nitrogens with one attached hydrogen (secondary N) is 1. The monoisotopic (exact) mass is 143 g/mol. The van der Waals surface area contributed by atoms with E-state index in [-0.39, 0.29) is 12.2 Å². The van der Waals surface area contributed by atoms with E-state index >= 15 is 0 Å². The third-order valence-corrected chi connectivity index (χ3v) is 1.48. The Labute approximate surface area is 60.7 Å². The SMILES string of the molecule is CC(C)CC1CNC(=O)O1. The number of alkyl carbamates (subject to hydrolysis) is 1. The Balaban J connectivity index is 2.24. The van der Waals surface area contributed by atoms with E-state index in [0.717, 1.165) is 6.42 Å². The summed E-state index contributed by atoms with van der Waals surface area (Å²) >= 11 is 0. The van der Waals surface area contributed by atoms with Crippen molar-refractivity contribution in [2.24, 2.45) is 5.92 Å². The van der Waals surface area contributed by atoms with Crippen LogP contribution in [0.5, 0.6) is 0 Å². The Bertz CT molecular complexity index is 134. The highest BCUT2D eigenvalue weighted by Gasteiger charge is 2.22. The first-order valence-electron chi connectivity index (χ1n) is 3.63. The minimum Gasteiger partial charge on any atom is -0.444 e. The first kappa shape index (κ1) is 7.38. The molecule has 0 aliphatic carbocycles. The molecule has 1 unspecified atom stereocenters. The molecule has 1 amide bonds. The topological polar surface area (TPSA) is 38.3 Å². The number of rotatable bonds is 2. The molecule has 0 saturated carbocycles. The van der Waals surface area contributed by atoms with Crippen LogP contribution in [0.15, 0.2) is 0 Å². The summed E-state index contributed by atoms with van der Waals surface area (Å²) < 4.78 is 4.92. The van der Waals surface area contributed by atoms with Gasteiger partial charge in [0.1, 0.15) is 6.10 Å². The Morgan fingerprint density at radius 2 is 2.50 bits per heavy atom. The first-order chi connectivity index (χ1) is 4.68. The lowest BCUT2D eigenvalue weighted by Gasteiger charge is -2.08. The maximum atomic E-state index is 10.5. The van der Waals surface area contributed by atoms with E-state index in [1.165, 1.54) is 0 Å². The van der Waals surface area contributed by atoms with Crippen LogP contribution >= 0.6 is 0 Å². The number of hydrogen-bond acceptors (Lipinski definition) is 2. The van der Waals surface area contributed by atoms with Crippen molar-refractivity contribution in [2.75, 3.05) is 6.54 Å². The summed E-state index contributed by atoms with van der Waals surface area (Å²) in [7, 11) is 0. The second-order valence-corrected chi connectivity index (χ2v) is 3.04. The highest BCUT2D eigenvalue weighted by molar-refractivity contribution is 5.69. The molecule has 0 aromatic rings. The summed E-state index contributed by atoms with van der Waals surface area (Å²) in [5.41, 5.74) is 0. The quantitative estimate of drug-likeness (QED) is 0.629. The van der Waals surface area contributed by atoms with Crippen molar-refractivity contribution in [3.8, 4) is 0 Å². The summed E-state index contributed by atoms with van der Waals surface area (Å²) in [6.45, 7) is 4.91. The smallest absolute Gasteiger partial charge is 0.407 e. The van der Waals surface area contributed by atoms with Gasteiger partial charge in [0.25, 0.3) is 0 Å². The van der Waals surface area contributed by atoms with Crippen LogP contribution in [0, 0.1) is 5.92 Å². The van der Waals surface area contributed by atoms with E-state index in [2.05, 4.69) is 19.2 Å². The predicted octanol–water partition coefficient (Wildman–Crippen LogP) is 1.14. The van der Waals surface area contributed by atoms with Crippen molar-refractivity contribution in [3.63, 3.8) is 0 Å². The molecule has 1 N–H and O–H groups in total. The summed E-state index contributed by atoms with van der Waals surface area (Å²) in [6.07, 6.45) is 0.789. The van der Waals surface area contributed by atoms with Gasteiger partial charge in [-0.15, -0.1) is 0 Å². The minimum atomic E-state index is -0.273. The molecule has 0 aromatic heterocycles. The lowest BCUT2D eigenvalue weighted by molar-refractivity contribution is 0.128. The van der Waals surface area contributed by atoms with Gasteiger partial charge in [-0.2, -0.15) is 0 Å². The van der Waals surface area contributed by atoms with Crippen molar-refractivity contribution < 1.29 is 9.53 Å². The summed E-state index contributed by atoms with van der Waals surface area (Å²) in [4.78, 5) is 10.5. The van der Waals surface area contributed by atoms with Gasteiger partial charge in [-0.3, -0.25) is 0 Å². The third kappa shape index (κ3) is 1.90. The maximum absolute atomic E-state index is 10.5. The normalized spacial score (nSPS) is 24.7. The summed E-state index contributed by atoms with van der Waals surface area (Å²) in [5, 5.41) is 2.61. The number of carbonyl (C=O) groups is 1. The highest BCUT2D eigenvalue weighted by Crippen LogP contribution is 2.10. The predicted molar refractivity (Wildman–Crippen MR) is 37.7 cm³/mol. The summed E-state index contributed by atoms with van der Waals surface area (Å²) in [6, 6.07) is 0. The van der Waals surface area contributed by atoms with Gasteiger partial charge >= 0.3 is 6.09 Å². The molecule has 0 bridgehead atoms. The Hall–Kier alpha value is -0.730. The average molecular weight is 143 g/mol. The lowest BCUT2D eigenvalue weighted by atomic mass is 10.1. The number of hydrogen-bond donors (Lipinski definition) is 1. The zero-order valence-corrected chi connectivity index (χ0v) is 6.39. The van der Waals surface area contributed by atoms with Gasteiger partial charge in [0.05, 0.1) is 6.54 Å². The van der Waals surface area contributed by atoms with Crippen LogP contribution in [-0.4, -0.2) is 18.7 Å². The fourth-order valence-electron chi connectivity index (χ4n) is 1.09. The van der Waals surface area contributed by atoms with E-state index in [9.17, 15) is 4.79 Å². The molecule has 0 aromatic carbocycles. The van der Waals surface area contributed by atoms with Gasteiger partial charge in [-0.05, 0) is 12.3 Å². The number of cyclic esters (lactones) is 1. The van der Waals surface area contributed by atoms with Crippen LogP contribution in [0.1, 0.15) is 20.3 Å². The van der Waals surface area contributed by atoms with Gasteiger partial charge in [0.2, 0.25) is 0 Å². The molecular formula is C7H13NO2. The van der Waals surface area contributed by atoms with Crippen molar-refractivity contribution in [1.82, 2.24) is 5.32 Å². The van der Waals surface area contributed by atoms with E-state index in [0.29, 0.717) is 12.5 Å². The molecule has 1 rings (SSSR count). The van der Waals surface area contributed by atoms with Crippen molar-refractivity contribution in [3.05, 3.63) is 0 Å². The van der Waals surface area contributed by atoms with Gasteiger partial charge < -0.3 is 10.1 Å². The molecule has 1 fully saturated rings. The molecule has 3 heteroatoms. The van der Waals surface area contributed by atoms with Crippen LogP contribution in [-0.2, 0) is 4.74 Å². The van der Waals surface area contributed by atoms with E-state index in [4.69, 9.17) is 4.74 Å². The molecule has 3 nitrogen and oxygen atoms in total. The van der Waals surface area contributed by atoms with Crippen LogP contribution in [0.2, 0.25) is 0 Å². The molecule has 1 saturated heterocycles. The number of ether oxygens (including phenoxy) is 1. The molecule has 10 heavy (non-hydrogen) atoms. The zero-order chi connectivity index (χ0) is 7.56. The van der Waals surface area contributed by atoms with Crippen LogP contribution in [0.4, 0.5) is 4.79 Å². The molecule has 1 aliphatic heterocycles. The Morgan fingerprint density at radius 3 is 2.90 bits per heavy atom. The maximum Gasteiger partial charge on any atom is 0.407 e. The molecule has 0 spiro atoms. The second-order valence-electron chi connectivity index (χ2n) is 3.04. The molecule has 1 atom stereocenters. The number of carbonyl (C=O) groups excluding carboxylic acids is 1. The lowest BCUT2D eigenvalue weighted by Crippen LogP contribution is -2.16. The first-order valence-corrected chi connectivity index (χ1v) is 3.63. The number of amides is 1. The summed E-state index contributed by atoms with van der Waals surface area (Å²) in [5.74, 6) is 0.595. The largest absolute Gasteiger partial charge is 0.444 e. The van der Waals surface area contributed by atoms with Gasteiger partial charge in [0.15, 0.2) is 0 Å². The average Bonchev–Trinajstić information content (AvgIpc) is 2.13. The zero-order valence-electron chi connectivity index (χ0n) is 6.39. The Morgan fingerprint density at radius 1 is 1.80 bits per heavy atom. The fourth-order valence-corrected chi connectivity index (χ4v) is 1.09.